The maximum atomic E-state index is 12.1. The lowest BCUT2D eigenvalue weighted by atomic mass is 10.2. The Kier molecular flexibility index (Phi) is 5.94. The summed E-state index contributed by atoms with van der Waals surface area (Å²) in [6, 6.07) is 22.2. The number of rotatable bonds is 7. The second-order valence-electron chi connectivity index (χ2n) is 5.93. The van der Waals surface area contributed by atoms with Crippen molar-refractivity contribution in [3.8, 4) is 23.0 Å². The number of anilines is 1. The SMILES string of the molecule is COc1cc(C)ccc1OCC(=O)Nc1ccc(Oc2ccccc2)cc1. The summed E-state index contributed by atoms with van der Waals surface area (Å²) in [5.41, 5.74) is 1.72. The van der Waals surface area contributed by atoms with E-state index in [4.69, 9.17) is 14.2 Å². The number of benzene rings is 3. The number of ether oxygens (including phenoxy) is 3. The third-order valence-corrected chi connectivity index (χ3v) is 3.79. The summed E-state index contributed by atoms with van der Waals surface area (Å²) in [4.78, 5) is 12.1. The van der Waals surface area contributed by atoms with E-state index in [1.807, 2.05) is 49.4 Å². The lowest BCUT2D eigenvalue weighted by Gasteiger charge is -2.12. The quantitative estimate of drug-likeness (QED) is 0.654. The molecule has 0 unspecified atom stereocenters. The zero-order valence-corrected chi connectivity index (χ0v) is 15.3. The van der Waals surface area contributed by atoms with Gasteiger partial charge < -0.3 is 19.5 Å². The van der Waals surface area contributed by atoms with Gasteiger partial charge in [-0.3, -0.25) is 4.79 Å². The Bertz CT molecular complexity index is 892. The number of methoxy groups -OCH3 is 1. The molecular weight excluding hydrogens is 342 g/mol. The molecule has 138 valence electrons. The van der Waals surface area contributed by atoms with Gasteiger partial charge in [0.2, 0.25) is 0 Å². The Balaban J connectivity index is 1.53. The fraction of sp³-hybridized carbons (Fsp3) is 0.136. The molecule has 0 aromatic heterocycles. The van der Waals surface area contributed by atoms with Crippen molar-refractivity contribution in [3.05, 3.63) is 78.4 Å². The predicted octanol–water partition coefficient (Wildman–Crippen LogP) is 4.81. The molecule has 0 radical (unpaired) electrons. The molecule has 3 rings (SSSR count). The van der Waals surface area contributed by atoms with Gasteiger partial charge in [-0.1, -0.05) is 24.3 Å². The monoisotopic (exact) mass is 363 g/mol. The van der Waals surface area contributed by atoms with Crippen LogP contribution >= 0.6 is 0 Å². The molecule has 3 aromatic carbocycles. The number of hydrogen-bond donors (Lipinski definition) is 1. The number of amides is 1. The molecule has 0 fully saturated rings. The minimum atomic E-state index is -0.255. The molecule has 27 heavy (non-hydrogen) atoms. The molecule has 0 heterocycles. The first kappa shape index (κ1) is 18.3. The Morgan fingerprint density at radius 1 is 0.889 bits per heavy atom. The van der Waals surface area contributed by atoms with Crippen molar-refractivity contribution in [2.45, 2.75) is 6.92 Å². The summed E-state index contributed by atoms with van der Waals surface area (Å²) >= 11 is 0. The van der Waals surface area contributed by atoms with E-state index in [1.165, 1.54) is 0 Å². The number of carbonyl (C=O) groups is 1. The van der Waals surface area contributed by atoms with Crippen molar-refractivity contribution in [1.29, 1.82) is 0 Å². The van der Waals surface area contributed by atoms with Gasteiger partial charge in [-0.15, -0.1) is 0 Å². The zero-order valence-electron chi connectivity index (χ0n) is 15.3. The molecule has 0 atom stereocenters. The highest BCUT2D eigenvalue weighted by Gasteiger charge is 2.08. The first-order valence-electron chi connectivity index (χ1n) is 8.54. The predicted molar refractivity (Wildman–Crippen MR) is 105 cm³/mol. The van der Waals surface area contributed by atoms with Crippen LogP contribution in [0.25, 0.3) is 0 Å². The largest absolute Gasteiger partial charge is 0.493 e. The van der Waals surface area contributed by atoms with Crippen molar-refractivity contribution in [3.63, 3.8) is 0 Å². The van der Waals surface area contributed by atoms with E-state index in [0.29, 0.717) is 22.9 Å². The van der Waals surface area contributed by atoms with Crippen molar-refractivity contribution >= 4 is 11.6 Å². The van der Waals surface area contributed by atoms with Crippen LogP contribution in [0, 0.1) is 6.92 Å². The van der Waals surface area contributed by atoms with Crippen LogP contribution in [-0.2, 0) is 4.79 Å². The molecule has 3 aromatic rings. The third kappa shape index (κ3) is 5.25. The second kappa shape index (κ2) is 8.76. The number of carbonyl (C=O) groups excluding carboxylic acids is 1. The fourth-order valence-electron chi connectivity index (χ4n) is 2.47. The normalized spacial score (nSPS) is 10.1. The van der Waals surface area contributed by atoms with Gasteiger partial charge in [-0.25, -0.2) is 0 Å². The molecule has 0 saturated carbocycles. The molecule has 1 N–H and O–H groups in total. The van der Waals surface area contributed by atoms with Crippen LogP contribution in [0.3, 0.4) is 0 Å². The highest BCUT2D eigenvalue weighted by Crippen LogP contribution is 2.28. The standard InChI is InChI=1S/C22H21NO4/c1-16-8-13-20(21(14-16)25-2)26-15-22(24)23-17-9-11-19(12-10-17)27-18-6-4-3-5-7-18/h3-14H,15H2,1-2H3,(H,23,24). The Labute approximate surface area is 158 Å². The van der Waals surface area contributed by atoms with Gasteiger partial charge >= 0.3 is 0 Å². The van der Waals surface area contributed by atoms with E-state index in [0.717, 1.165) is 11.3 Å². The average Bonchev–Trinajstić information content (AvgIpc) is 2.69. The minimum Gasteiger partial charge on any atom is -0.493 e. The molecule has 0 saturated heterocycles. The minimum absolute atomic E-state index is 0.109. The lowest BCUT2D eigenvalue weighted by molar-refractivity contribution is -0.118. The van der Waals surface area contributed by atoms with Gasteiger partial charge in [-0.05, 0) is 61.0 Å². The van der Waals surface area contributed by atoms with Crippen LogP contribution in [0.5, 0.6) is 23.0 Å². The fourth-order valence-corrected chi connectivity index (χ4v) is 2.47. The van der Waals surface area contributed by atoms with Crippen LogP contribution in [0.4, 0.5) is 5.69 Å². The number of aryl methyl sites for hydroxylation is 1. The molecular formula is C22H21NO4. The van der Waals surface area contributed by atoms with Gasteiger partial charge in [0.25, 0.3) is 5.91 Å². The molecule has 5 heteroatoms. The van der Waals surface area contributed by atoms with Crippen molar-refractivity contribution in [2.24, 2.45) is 0 Å². The molecule has 0 spiro atoms. The van der Waals surface area contributed by atoms with Gasteiger partial charge in [0.1, 0.15) is 11.5 Å². The van der Waals surface area contributed by atoms with Crippen molar-refractivity contribution in [1.82, 2.24) is 0 Å². The lowest BCUT2D eigenvalue weighted by Crippen LogP contribution is -2.20. The van der Waals surface area contributed by atoms with Crippen molar-refractivity contribution in [2.75, 3.05) is 19.0 Å². The molecule has 0 aliphatic heterocycles. The van der Waals surface area contributed by atoms with Crippen LogP contribution < -0.4 is 19.5 Å². The smallest absolute Gasteiger partial charge is 0.262 e. The maximum absolute atomic E-state index is 12.1. The van der Waals surface area contributed by atoms with Crippen LogP contribution in [0.1, 0.15) is 5.56 Å². The first-order valence-corrected chi connectivity index (χ1v) is 8.54. The maximum Gasteiger partial charge on any atom is 0.262 e. The van der Waals surface area contributed by atoms with E-state index < -0.39 is 0 Å². The second-order valence-corrected chi connectivity index (χ2v) is 5.93. The number of hydrogen-bond acceptors (Lipinski definition) is 4. The highest BCUT2D eigenvalue weighted by atomic mass is 16.5. The average molecular weight is 363 g/mol. The molecule has 5 nitrogen and oxygen atoms in total. The van der Waals surface area contributed by atoms with E-state index in [2.05, 4.69) is 5.32 Å². The van der Waals surface area contributed by atoms with Gasteiger partial charge in [0, 0.05) is 5.69 Å². The van der Waals surface area contributed by atoms with Crippen LogP contribution in [-0.4, -0.2) is 19.6 Å². The zero-order chi connectivity index (χ0) is 19.1. The van der Waals surface area contributed by atoms with Gasteiger partial charge in [0.15, 0.2) is 18.1 Å². The van der Waals surface area contributed by atoms with Gasteiger partial charge in [0.05, 0.1) is 7.11 Å². The van der Waals surface area contributed by atoms with E-state index in [9.17, 15) is 4.79 Å². The number of para-hydroxylation sites is 1. The van der Waals surface area contributed by atoms with E-state index in [1.54, 1.807) is 37.4 Å². The van der Waals surface area contributed by atoms with E-state index in [-0.39, 0.29) is 12.5 Å². The third-order valence-electron chi connectivity index (χ3n) is 3.79. The highest BCUT2D eigenvalue weighted by molar-refractivity contribution is 5.91. The van der Waals surface area contributed by atoms with Gasteiger partial charge in [-0.2, -0.15) is 0 Å². The Morgan fingerprint density at radius 2 is 1.59 bits per heavy atom. The summed E-state index contributed by atoms with van der Waals surface area (Å²) in [7, 11) is 1.57. The summed E-state index contributed by atoms with van der Waals surface area (Å²) in [5, 5.41) is 2.79. The Morgan fingerprint density at radius 3 is 2.30 bits per heavy atom. The molecule has 0 aliphatic rings. The molecule has 0 aliphatic carbocycles. The number of nitrogens with one attached hydrogen (secondary N) is 1. The summed E-state index contributed by atoms with van der Waals surface area (Å²) < 4.78 is 16.6. The topological polar surface area (TPSA) is 56.8 Å². The van der Waals surface area contributed by atoms with Crippen molar-refractivity contribution < 1.29 is 19.0 Å². The van der Waals surface area contributed by atoms with E-state index >= 15 is 0 Å². The summed E-state index contributed by atoms with van der Waals surface area (Å²) in [6.07, 6.45) is 0. The van der Waals surface area contributed by atoms with Crippen LogP contribution in [0.15, 0.2) is 72.8 Å². The van der Waals surface area contributed by atoms with Crippen LogP contribution in [0.2, 0.25) is 0 Å². The molecule has 1 amide bonds. The Hall–Kier alpha value is -3.47. The molecule has 0 bridgehead atoms. The summed E-state index contributed by atoms with van der Waals surface area (Å²) in [5.74, 6) is 2.33. The summed E-state index contributed by atoms with van der Waals surface area (Å²) in [6.45, 7) is 1.85. The first-order chi connectivity index (χ1) is 13.1.